The van der Waals surface area contributed by atoms with Crippen LogP contribution in [0, 0.1) is 5.92 Å². The zero-order valence-electron chi connectivity index (χ0n) is 10.3. The second-order valence-electron chi connectivity index (χ2n) is 4.91. The molecule has 0 radical (unpaired) electrons. The minimum atomic E-state index is 0.580. The lowest BCUT2D eigenvalue weighted by Crippen LogP contribution is -2.30. The molecule has 4 nitrogen and oxygen atoms in total. The summed E-state index contributed by atoms with van der Waals surface area (Å²) in [5, 5.41) is 7.79. The van der Waals surface area contributed by atoms with Gasteiger partial charge in [0.05, 0.1) is 0 Å². The molecule has 1 N–H and O–H groups in total. The van der Waals surface area contributed by atoms with E-state index < -0.39 is 0 Å². The van der Waals surface area contributed by atoms with Crippen molar-refractivity contribution in [1.29, 1.82) is 0 Å². The second kappa shape index (κ2) is 5.43. The Hall–Kier alpha value is -0.900. The van der Waals surface area contributed by atoms with Gasteiger partial charge >= 0.3 is 0 Å². The molecule has 3 unspecified atom stereocenters. The third-order valence-electron chi connectivity index (χ3n) is 3.34. The summed E-state index contributed by atoms with van der Waals surface area (Å²) >= 11 is 0. The van der Waals surface area contributed by atoms with Gasteiger partial charge in [0.1, 0.15) is 12.7 Å². The van der Waals surface area contributed by atoms with Crippen LogP contribution in [0.25, 0.3) is 0 Å². The molecule has 0 aromatic carbocycles. The number of aromatic nitrogens is 3. The van der Waals surface area contributed by atoms with Crippen LogP contribution in [0.2, 0.25) is 0 Å². The molecule has 0 amide bonds. The van der Waals surface area contributed by atoms with Gasteiger partial charge in [-0.1, -0.05) is 13.3 Å². The van der Waals surface area contributed by atoms with Crippen molar-refractivity contribution in [3.05, 3.63) is 12.7 Å². The van der Waals surface area contributed by atoms with Crippen LogP contribution in [0.15, 0.2) is 12.7 Å². The summed E-state index contributed by atoms with van der Waals surface area (Å²) in [5.74, 6) is 0.943. The van der Waals surface area contributed by atoms with Gasteiger partial charge in [0.2, 0.25) is 0 Å². The minimum Gasteiger partial charge on any atom is -0.311 e. The van der Waals surface area contributed by atoms with E-state index in [2.05, 4.69) is 29.2 Å². The molecule has 1 aromatic heterocycles. The highest BCUT2D eigenvalue weighted by molar-refractivity contribution is 4.93. The van der Waals surface area contributed by atoms with E-state index >= 15 is 0 Å². The smallest absolute Gasteiger partial charge is 0.137 e. The van der Waals surface area contributed by atoms with Crippen LogP contribution in [0.4, 0.5) is 0 Å². The molecule has 1 aromatic rings. The van der Waals surface area contributed by atoms with Gasteiger partial charge in [-0.15, -0.1) is 0 Å². The molecule has 1 saturated carbocycles. The lowest BCUT2D eigenvalue weighted by Gasteiger charge is -2.13. The third kappa shape index (κ3) is 3.30. The summed E-state index contributed by atoms with van der Waals surface area (Å²) in [6.07, 6.45) is 8.57. The average Bonchev–Trinajstić information content (AvgIpc) is 2.82. The van der Waals surface area contributed by atoms with Crippen molar-refractivity contribution >= 4 is 0 Å². The third-order valence-corrected chi connectivity index (χ3v) is 3.34. The van der Waals surface area contributed by atoms with Gasteiger partial charge in [0, 0.05) is 18.6 Å². The van der Waals surface area contributed by atoms with Gasteiger partial charge < -0.3 is 5.32 Å². The molecule has 0 saturated heterocycles. The molecule has 0 bridgehead atoms. The SMILES string of the molecule is CCCC1CC1NC(C)CCn1cncn1. The fourth-order valence-corrected chi connectivity index (χ4v) is 2.26. The van der Waals surface area contributed by atoms with Gasteiger partial charge in [0.25, 0.3) is 0 Å². The highest BCUT2D eigenvalue weighted by Crippen LogP contribution is 2.34. The summed E-state index contributed by atoms with van der Waals surface area (Å²) in [7, 11) is 0. The van der Waals surface area contributed by atoms with E-state index in [9.17, 15) is 0 Å². The van der Waals surface area contributed by atoms with Gasteiger partial charge in [-0.2, -0.15) is 5.10 Å². The van der Waals surface area contributed by atoms with Crippen LogP contribution in [0.3, 0.4) is 0 Å². The molecule has 90 valence electrons. The Labute approximate surface area is 97.5 Å². The highest BCUT2D eigenvalue weighted by atomic mass is 15.3. The second-order valence-corrected chi connectivity index (χ2v) is 4.91. The maximum absolute atomic E-state index is 4.11. The molecule has 1 aliphatic rings. The molecule has 16 heavy (non-hydrogen) atoms. The van der Waals surface area contributed by atoms with Crippen LogP contribution in [-0.4, -0.2) is 26.8 Å². The van der Waals surface area contributed by atoms with E-state index in [0.717, 1.165) is 24.9 Å². The number of hydrogen-bond acceptors (Lipinski definition) is 3. The predicted molar refractivity (Wildman–Crippen MR) is 64.0 cm³/mol. The van der Waals surface area contributed by atoms with E-state index in [1.807, 2.05) is 4.68 Å². The standard InChI is InChI=1S/C12H22N4/c1-3-4-11-7-12(11)15-10(2)5-6-16-9-13-8-14-16/h8-12,15H,3-7H2,1-2H3. The lowest BCUT2D eigenvalue weighted by atomic mass is 10.2. The van der Waals surface area contributed by atoms with Crippen LogP contribution in [0.5, 0.6) is 0 Å². The van der Waals surface area contributed by atoms with Crippen molar-refractivity contribution < 1.29 is 0 Å². The fraction of sp³-hybridized carbons (Fsp3) is 0.833. The Balaban J connectivity index is 1.60. The van der Waals surface area contributed by atoms with Crippen molar-refractivity contribution in [2.45, 2.75) is 58.2 Å². The summed E-state index contributed by atoms with van der Waals surface area (Å²) in [4.78, 5) is 3.94. The van der Waals surface area contributed by atoms with Gasteiger partial charge in [-0.3, -0.25) is 4.68 Å². The van der Waals surface area contributed by atoms with Crippen molar-refractivity contribution in [2.75, 3.05) is 0 Å². The van der Waals surface area contributed by atoms with Crippen molar-refractivity contribution in [3.63, 3.8) is 0 Å². The number of rotatable bonds is 7. The molecule has 2 rings (SSSR count). The Bertz CT molecular complexity index is 296. The Morgan fingerprint density at radius 2 is 2.44 bits per heavy atom. The summed E-state index contributed by atoms with van der Waals surface area (Å²) in [6, 6.07) is 1.36. The zero-order chi connectivity index (χ0) is 11.4. The number of nitrogens with one attached hydrogen (secondary N) is 1. The number of hydrogen-bond donors (Lipinski definition) is 1. The molecule has 3 atom stereocenters. The molecule has 0 spiro atoms. The zero-order valence-corrected chi connectivity index (χ0v) is 10.3. The maximum Gasteiger partial charge on any atom is 0.137 e. The summed E-state index contributed by atoms with van der Waals surface area (Å²) < 4.78 is 1.90. The average molecular weight is 222 g/mol. The first kappa shape index (κ1) is 11.6. The van der Waals surface area contributed by atoms with Gasteiger partial charge in [-0.05, 0) is 32.1 Å². The predicted octanol–water partition coefficient (Wildman–Crippen LogP) is 1.83. The van der Waals surface area contributed by atoms with Crippen LogP contribution >= 0.6 is 0 Å². The molecule has 0 aliphatic heterocycles. The fourth-order valence-electron chi connectivity index (χ4n) is 2.26. The van der Waals surface area contributed by atoms with Gasteiger partial charge in [-0.25, -0.2) is 4.98 Å². The van der Waals surface area contributed by atoms with E-state index in [1.165, 1.54) is 19.3 Å². The van der Waals surface area contributed by atoms with Gasteiger partial charge in [0.15, 0.2) is 0 Å². The van der Waals surface area contributed by atoms with Crippen molar-refractivity contribution in [2.24, 2.45) is 5.92 Å². The molecular formula is C12H22N4. The lowest BCUT2D eigenvalue weighted by molar-refractivity contribution is 0.443. The maximum atomic E-state index is 4.11. The molecule has 1 aliphatic carbocycles. The van der Waals surface area contributed by atoms with E-state index in [-0.39, 0.29) is 0 Å². The summed E-state index contributed by atoms with van der Waals surface area (Å²) in [6.45, 7) is 5.49. The quantitative estimate of drug-likeness (QED) is 0.765. The molecular weight excluding hydrogens is 200 g/mol. The largest absolute Gasteiger partial charge is 0.311 e. The highest BCUT2D eigenvalue weighted by Gasteiger charge is 2.36. The number of aryl methyl sites for hydroxylation is 1. The van der Waals surface area contributed by atoms with E-state index in [1.54, 1.807) is 12.7 Å². The van der Waals surface area contributed by atoms with Crippen LogP contribution in [0.1, 0.15) is 39.5 Å². The minimum absolute atomic E-state index is 0.580. The topological polar surface area (TPSA) is 42.7 Å². The normalized spacial score (nSPS) is 25.6. The van der Waals surface area contributed by atoms with Crippen molar-refractivity contribution in [3.8, 4) is 0 Å². The van der Waals surface area contributed by atoms with E-state index in [4.69, 9.17) is 0 Å². The Morgan fingerprint density at radius 3 is 3.12 bits per heavy atom. The number of nitrogens with zero attached hydrogens (tertiary/aromatic N) is 3. The van der Waals surface area contributed by atoms with Crippen molar-refractivity contribution in [1.82, 2.24) is 20.1 Å². The Kier molecular flexibility index (Phi) is 3.93. The monoisotopic (exact) mass is 222 g/mol. The first-order valence-corrected chi connectivity index (χ1v) is 6.38. The first-order chi connectivity index (χ1) is 7.79. The first-order valence-electron chi connectivity index (χ1n) is 6.38. The summed E-state index contributed by atoms with van der Waals surface area (Å²) in [5.41, 5.74) is 0. The molecule has 1 heterocycles. The van der Waals surface area contributed by atoms with Crippen LogP contribution in [-0.2, 0) is 6.54 Å². The molecule has 4 heteroatoms. The van der Waals surface area contributed by atoms with E-state index in [0.29, 0.717) is 6.04 Å². The molecule has 1 fully saturated rings. The van der Waals surface area contributed by atoms with Crippen LogP contribution < -0.4 is 5.32 Å². The Morgan fingerprint density at radius 1 is 1.56 bits per heavy atom.